The van der Waals surface area contributed by atoms with Crippen molar-refractivity contribution in [2.45, 2.75) is 23.8 Å². The van der Waals surface area contributed by atoms with Crippen LogP contribution in [0.3, 0.4) is 0 Å². The van der Waals surface area contributed by atoms with E-state index in [0.717, 1.165) is 21.2 Å². The number of pyridine rings is 1. The summed E-state index contributed by atoms with van der Waals surface area (Å²) in [5, 5.41) is 8.97. The van der Waals surface area contributed by atoms with E-state index in [0.29, 0.717) is 5.82 Å². The van der Waals surface area contributed by atoms with Crippen molar-refractivity contribution in [2.24, 2.45) is 0 Å². The van der Waals surface area contributed by atoms with Gasteiger partial charge in [-0.05, 0) is 32.0 Å². The van der Waals surface area contributed by atoms with E-state index in [1.165, 1.54) is 0 Å². The second-order valence-corrected chi connectivity index (χ2v) is 4.50. The first-order valence-electron chi connectivity index (χ1n) is 4.86. The largest absolute Gasteiger partial charge is 0.383 e. The normalized spacial score (nSPS) is 10.4. The SMILES string of the molecule is Cc1ccc(Sc2ccnc(N)c2C)nn1. The molecule has 0 radical (unpaired) electrons. The lowest BCUT2D eigenvalue weighted by molar-refractivity contribution is 0.895. The average Bonchev–Trinajstić information content (AvgIpc) is 2.28. The van der Waals surface area contributed by atoms with Crippen LogP contribution in [0.5, 0.6) is 0 Å². The molecule has 0 amide bonds. The monoisotopic (exact) mass is 232 g/mol. The molecule has 5 heteroatoms. The van der Waals surface area contributed by atoms with Gasteiger partial charge in [0.2, 0.25) is 0 Å². The minimum Gasteiger partial charge on any atom is -0.383 e. The van der Waals surface area contributed by atoms with E-state index in [1.54, 1.807) is 18.0 Å². The number of rotatable bonds is 2. The van der Waals surface area contributed by atoms with Gasteiger partial charge in [-0.2, -0.15) is 5.10 Å². The zero-order chi connectivity index (χ0) is 11.5. The summed E-state index contributed by atoms with van der Waals surface area (Å²) in [6.45, 7) is 3.86. The Labute approximate surface area is 98.3 Å². The van der Waals surface area contributed by atoms with Gasteiger partial charge in [0.25, 0.3) is 0 Å². The predicted molar refractivity (Wildman–Crippen MR) is 64.3 cm³/mol. The van der Waals surface area contributed by atoms with Gasteiger partial charge in [0.1, 0.15) is 10.8 Å². The Morgan fingerprint density at radius 3 is 2.62 bits per heavy atom. The van der Waals surface area contributed by atoms with Gasteiger partial charge in [0, 0.05) is 16.7 Å². The van der Waals surface area contributed by atoms with Crippen molar-refractivity contribution >= 4 is 17.6 Å². The van der Waals surface area contributed by atoms with Crippen LogP contribution in [0.15, 0.2) is 34.3 Å². The Bertz CT molecular complexity index is 496. The first-order valence-corrected chi connectivity index (χ1v) is 5.68. The van der Waals surface area contributed by atoms with Crippen LogP contribution in [0.4, 0.5) is 5.82 Å². The molecule has 0 aliphatic heterocycles. The number of nitrogens with zero attached hydrogens (tertiary/aromatic N) is 3. The fourth-order valence-electron chi connectivity index (χ4n) is 1.20. The first-order chi connectivity index (χ1) is 7.66. The maximum Gasteiger partial charge on any atom is 0.127 e. The van der Waals surface area contributed by atoms with Gasteiger partial charge in [-0.1, -0.05) is 11.8 Å². The van der Waals surface area contributed by atoms with Crippen LogP contribution in [0, 0.1) is 13.8 Å². The second-order valence-electron chi connectivity index (χ2n) is 3.43. The summed E-state index contributed by atoms with van der Waals surface area (Å²) in [6.07, 6.45) is 1.70. The van der Waals surface area contributed by atoms with E-state index in [2.05, 4.69) is 15.2 Å². The highest BCUT2D eigenvalue weighted by molar-refractivity contribution is 7.99. The smallest absolute Gasteiger partial charge is 0.127 e. The molecule has 0 unspecified atom stereocenters. The molecule has 0 spiro atoms. The fourth-order valence-corrected chi connectivity index (χ4v) is 2.03. The summed E-state index contributed by atoms with van der Waals surface area (Å²) in [5.74, 6) is 0.560. The molecule has 0 fully saturated rings. The number of aromatic nitrogens is 3. The zero-order valence-electron chi connectivity index (χ0n) is 9.14. The van der Waals surface area contributed by atoms with Crippen LogP contribution in [0.2, 0.25) is 0 Å². The van der Waals surface area contributed by atoms with Crippen molar-refractivity contribution in [3.05, 3.63) is 35.7 Å². The third-order valence-corrected chi connectivity index (χ3v) is 3.27. The average molecular weight is 232 g/mol. The lowest BCUT2D eigenvalue weighted by Crippen LogP contribution is -1.95. The number of hydrogen-bond acceptors (Lipinski definition) is 5. The molecule has 0 saturated heterocycles. The van der Waals surface area contributed by atoms with Crippen LogP contribution in [0.1, 0.15) is 11.3 Å². The van der Waals surface area contributed by atoms with Crippen LogP contribution in [0.25, 0.3) is 0 Å². The highest BCUT2D eigenvalue weighted by Gasteiger charge is 2.05. The summed E-state index contributed by atoms with van der Waals surface area (Å²) < 4.78 is 0. The molecule has 0 aromatic carbocycles. The molecule has 2 heterocycles. The standard InChI is InChI=1S/C11H12N4S/c1-7-3-4-10(15-14-7)16-9-5-6-13-11(12)8(9)2/h3-6H,1-2H3,(H2,12,13). The van der Waals surface area contributed by atoms with Crippen molar-refractivity contribution in [1.82, 2.24) is 15.2 Å². The molecule has 82 valence electrons. The molecule has 0 atom stereocenters. The molecular formula is C11H12N4S. The summed E-state index contributed by atoms with van der Waals surface area (Å²) in [4.78, 5) is 5.08. The minimum absolute atomic E-state index is 0.560. The Morgan fingerprint density at radius 2 is 1.94 bits per heavy atom. The number of aryl methyl sites for hydroxylation is 1. The summed E-state index contributed by atoms with van der Waals surface area (Å²) in [5.41, 5.74) is 7.63. The summed E-state index contributed by atoms with van der Waals surface area (Å²) in [7, 11) is 0. The molecule has 2 N–H and O–H groups in total. The Kier molecular flexibility index (Phi) is 3.05. The Morgan fingerprint density at radius 1 is 1.12 bits per heavy atom. The topological polar surface area (TPSA) is 64.7 Å². The third-order valence-electron chi connectivity index (χ3n) is 2.18. The van der Waals surface area contributed by atoms with Crippen LogP contribution >= 0.6 is 11.8 Å². The van der Waals surface area contributed by atoms with Gasteiger partial charge in [-0.25, -0.2) is 4.98 Å². The van der Waals surface area contributed by atoms with Gasteiger partial charge in [-0.3, -0.25) is 0 Å². The van der Waals surface area contributed by atoms with Crippen LogP contribution < -0.4 is 5.73 Å². The lowest BCUT2D eigenvalue weighted by Gasteiger charge is -2.05. The van der Waals surface area contributed by atoms with Gasteiger partial charge < -0.3 is 5.73 Å². The predicted octanol–water partition coefficient (Wildman–Crippen LogP) is 2.22. The quantitative estimate of drug-likeness (QED) is 0.860. The number of nitrogen functional groups attached to an aromatic ring is 1. The van der Waals surface area contributed by atoms with E-state index < -0.39 is 0 Å². The van der Waals surface area contributed by atoms with Crippen molar-refractivity contribution < 1.29 is 0 Å². The maximum atomic E-state index is 5.74. The maximum absolute atomic E-state index is 5.74. The molecule has 2 aromatic rings. The van der Waals surface area contributed by atoms with E-state index in [4.69, 9.17) is 5.73 Å². The van der Waals surface area contributed by atoms with E-state index in [1.807, 2.05) is 32.0 Å². The fraction of sp³-hybridized carbons (Fsp3) is 0.182. The Hall–Kier alpha value is -1.62. The first kappa shape index (κ1) is 10.9. The second kappa shape index (κ2) is 4.49. The van der Waals surface area contributed by atoms with E-state index in [-0.39, 0.29) is 0 Å². The molecule has 0 bridgehead atoms. The summed E-state index contributed by atoms with van der Waals surface area (Å²) >= 11 is 1.54. The molecule has 0 aliphatic rings. The van der Waals surface area contributed by atoms with E-state index >= 15 is 0 Å². The highest BCUT2D eigenvalue weighted by Crippen LogP contribution is 2.29. The molecule has 16 heavy (non-hydrogen) atoms. The van der Waals surface area contributed by atoms with Crippen molar-refractivity contribution in [1.29, 1.82) is 0 Å². The van der Waals surface area contributed by atoms with Gasteiger partial charge in [-0.15, -0.1) is 5.10 Å². The summed E-state index contributed by atoms with van der Waals surface area (Å²) in [6, 6.07) is 5.82. The molecule has 4 nitrogen and oxygen atoms in total. The number of hydrogen-bond donors (Lipinski definition) is 1. The molecule has 2 aromatic heterocycles. The van der Waals surface area contributed by atoms with Crippen LogP contribution in [-0.4, -0.2) is 15.2 Å². The van der Waals surface area contributed by atoms with Gasteiger partial charge in [0.15, 0.2) is 0 Å². The van der Waals surface area contributed by atoms with E-state index in [9.17, 15) is 0 Å². The molecule has 0 saturated carbocycles. The third kappa shape index (κ3) is 2.30. The minimum atomic E-state index is 0.560. The Balaban J connectivity index is 2.27. The number of anilines is 1. The zero-order valence-corrected chi connectivity index (χ0v) is 9.95. The number of nitrogens with two attached hydrogens (primary N) is 1. The van der Waals surface area contributed by atoms with Gasteiger partial charge in [0.05, 0.1) is 5.69 Å². The van der Waals surface area contributed by atoms with Crippen molar-refractivity contribution in [3.63, 3.8) is 0 Å². The molecule has 0 aliphatic carbocycles. The molecule has 2 rings (SSSR count). The van der Waals surface area contributed by atoms with Crippen molar-refractivity contribution in [2.75, 3.05) is 5.73 Å². The highest BCUT2D eigenvalue weighted by atomic mass is 32.2. The molecular weight excluding hydrogens is 220 g/mol. The van der Waals surface area contributed by atoms with Crippen molar-refractivity contribution in [3.8, 4) is 0 Å². The van der Waals surface area contributed by atoms with Gasteiger partial charge >= 0.3 is 0 Å². The van der Waals surface area contributed by atoms with Crippen LogP contribution in [-0.2, 0) is 0 Å². The lowest BCUT2D eigenvalue weighted by atomic mass is 10.3.